The normalized spacial score (nSPS) is 14.2. The summed E-state index contributed by atoms with van der Waals surface area (Å²) in [6.07, 6.45) is 2.81. The molecule has 0 bridgehead atoms. The first-order valence-corrected chi connectivity index (χ1v) is 12.9. The average Bonchev–Trinajstić information content (AvgIpc) is 3.27. The van der Waals surface area contributed by atoms with E-state index in [9.17, 15) is 24.3 Å². The fourth-order valence-corrected chi connectivity index (χ4v) is 4.05. The number of fused-ring (bicyclic) bond motifs is 1. The number of carboxylic acids is 1. The number of aliphatic carboxylic acids is 1. The molecule has 0 aliphatic rings. The lowest BCUT2D eigenvalue weighted by molar-refractivity contribution is -0.142. The van der Waals surface area contributed by atoms with E-state index in [1.165, 1.54) is 6.92 Å². The molecule has 3 amide bonds. The first kappa shape index (κ1) is 31.1. The van der Waals surface area contributed by atoms with Crippen LogP contribution in [-0.4, -0.2) is 70.5 Å². The minimum Gasteiger partial charge on any atom is -0.480 e. The average molecular weight is 545 g/mol. The molecule has 1 aromatic heterocycles. The standard InChI is InChI=1S/C26H40N8O5/c1-14(2)11-21(25(38)39)34-22(35)15(3)32-24(37)20(9-6-10-30-26(28)29)33-23(36)18(27)12-16-13-31-19-8-5-4-7-17(16)19/h4-5,7-8,13-15,18,20-21,31H,6,9-12,27H2,1-3H3,(H,32,37)(H,33,36)(H,34,35)(H,38,39)(H4,28,29,30). The van der Waals surface area contributed by atoms with Gasteiger partial charge in [0.2, 0.25) is 17.7 Å². The fraction of sp³-hybridized carbons (Fsp3) is 0.500. The number of hydrogen-bond acceptors (Lipinski definition) is 6. The van der Waals surface area contributed by atoms with Crippen LogP contribution in [0.3, 0.4) is 0 Å². The largest absolute Gasteiger partial charge is 0.480 e. The summed E-state index contributed by atoms with van der Waals surface area (Å²) in [6.45, 7) is 5.34. The van der Waals surface area contributed by atoms with Crippen molar-refractivity contribution in [2.24, 2.45) is 28.1 Å². The highest BCUT2D eigenvalue weighted by molar-refractivity contribution is 5.94. The number of carboxylic acid groups (broad SMARTS) is 1. The summed E-state index contributed by atoms with van der Waals surface area (Å²) < 4.78 is 0. The Morgan fingerprint density at radius 3 is 2.28 bits per heavy atom. The highest BCUT2D eigenvalue weighted by atomic mass is 16.4. The number of para-hydroxylation sites is 1. The number of aromatic amines is 1. The minimum atomic E-state index is -1.16. The second kappa shape index (κ2) is 14.7. The SMILES string of the molecule is CC(C)CC(NC(=O)C(C)NC(=O)C(CCCN=C(N)N)NC(=O)C(N)Cc1c[nH]c2ccccc12)C(=O)O. The maximum Gasteiger partial charge on any atom is 0.326 e. The number of rotatable bonds is 15. The van der Waals surface area contributed by atoms with Crippen LogP contribution >= 0.6 is 0 Å². The van der Waals surface area contributed by atoms with Gasteiger partial charge in [-0.25, -0.2) is 4.79 Å². The molecule has 0 fully saturated rings. The molecule has 1 aromatic carbocycles. The van der Waals surface area contributed by atoms with Gasteiger partial charge in [0.05, 0.1) is 6.04 Å². The first-order chi connectivity index (χ1) is 18.4. The van der Waals surface area contributed by atoms with Crippen LogP contribution in [0.2, 0.25) is 0 Å². The Labute approximate surface area is 227 Å². The van der Waals surface area contributed by atoms with E-state index in [1.54, 1.807) is 6.20 Å². The second-order valence-electron chi connectivity index (χ2n) is 9.94. The first-order valence-electron chi connectivity index (χ1n) is 12.9. The van der Waals surface area contributed by atoms with Gasteiger partial charge in [-0.15, -0.1) is 0 Å². The number of benzene rings is 1. The topological polar surface area (TPSA) is 231 Å². The van der Waals surface area contributed by atoms with Crippen molar-refractivity contribution in [3.63, 3.8) is 0 Å². The number of aromatic nitrogens is 1. The highest BCUT2D eigenvalue weighted by Crippen LogP contribution is 2.19. The van der Waals surface area contributed by atoms with E-state index in [1.807, 2.05) is 38.1 Å². The van der Waals surface area contributed by atoms with Gasteiger partial charge in [0.25, 0.3) is 0 Å². The fourth-order valence-electron chi connectivity index (χ4n) is 4.05. The predicted octanol–water partition coefficient (Wildman–Crippen LogP) is -0.304. The lowest BCUT2D eigenvalue weighted by atomic mass is 10.0. The summed E-state index contributed by atoms with van der Waals surface area (Å²) in [5.41, 5.74) is 18.7. The summed E-state index contributed by atoms with van der Waals surface area (Å²) >= 11 is 0. The number of nitrogens with one attached hydrogen (secondary N) is 4. The molecular weight excluding hydrogens is 504 g/mol. The van der Waals surface area contributed by atoms with Crippen LogP contribution < -0.4 is 33.2 Å². The van der Waals surface area contributed by atoms with E-state index in [4.69, 9.17) is 17.2 Å². The Morgan fingerprint density at radius 1 is 0.974 bits per heavy atom. The van der Waals surface area contributed by atoms with Gasteiger partial charge in [-0.2, -0.15) is 0 Å². The van der Waals surface area contributed by atoms with Crippen molar-refractivity contribution in [2.75, 3.05) is 6.54 Å². The van der Waals surface area contributed by atoms with Gasteiger partial charge in [0.1, 0.15) is 18.1 Å². The van der Waals surface area contributed by atoms with Gasteiger partial charge in [-0.05, 0) is 50.2 Å². The summed E-state index contributed by atoms with van der Waals surface area (Å²) in [5, 5.41) is 18.0. The van der Waals surface area contributed by atoms with Crippen molar-refractivity contribution in [1.29, 1.82) is 0 Å². The van der Waals surface area contributed by atoms with Crippen molar-refractivity contribution in [1.82, 2.24) is 20.9 Å². The summed E-state index contributed by atoms with van der Waals surface area (Å²) in [7, 11) is 0. The Kier molecular flexibility index (Phi) is 11.7. The van der Waals surface area contributed by atoms with E-state index in [2.05, 4.69) is 25.9 Å². The molecule has 39 heavy (non-hydrogen) atoms. The van der Waals surface area contributed by atoms with E-state index < -0.39 is 47.9 Å². The summed E-state index contributed by atoms with van der Waals surface area (Å²) in [4.78, 5) is 57.2. The molecule has 0 radical (unpaired) electrons. The van der Waals surface area contributed by atoms with E-state index >= 15 is 0 Å². The molecule has 0 aliphatic carbocycles. The quantitative estimate of drug-likeness (QED) is 0.0840. The molecule has 13 nitrogen and oxygen atoms in total. The van der Waals surface area contributed by atoms with Crippen LogP contribution in [-0.2, 0) is 25.6 Å². The Hall–Kier alpha value is -4.13. The smallest absolute Gasteiger partial charge is 0.326 e. The monoisotopic (exact) mass is 544 g/mol. The van der Waals surface area contributed by atoms with E-state index in [0.717, 1.165) is 16.5 Å². The molecule has 0 saturated carbocycles. The van der Waals surface area contributed by atoms with Crippen LogP contribution in [0, 0.1) is 5.92 Å². The maximum atomic E-state index is 13.1. The molecule has 214 valence electrons. The highest BCUT2D eigenvalue weighted by Gasteiger charge is 2.28. The molecule has 4 atom stereocenters. The number of nitrogens with zero attached hydrogens (tertiary/aromatic N) is 1. The summed E-state index contributed by atoms with van der Waals surface area (Å²) in [5.74, 6) is -3.04. The van der Waals surface area contributed by atoms with Crippen LogP contribution in [0.25, 0.3) is 10.9 Å². The Balaban J connectivity index is 2.06. The van der Waals surface area contributed by atoms with Crippen LogP contribution in [0.15, 0.2) is 35.5 Å². The third kappa shape index (κ3) is 9.93. The second-order valence-corrected chi connectivity index (χ2v) is 9.94. The molecule has 2 aromatic rings. The number of aliphatic imine (C=N–C) groups is 1. The van der Waals surface area contributed by atoms with Crippen molar-refractivity contribution < 1.29 is 24.3 Å². The molecule has 2 rings (SSSR count). The lowest BCUT2D eigenvalue weighted by Gasteiger charge is -2.24. The third-order valence-corrected chi connectivity index (χ3v) is 6.10. The van der Waals surface area contributed by atoms with Gasteiger partial charge in [-0.1, -0.05) is 32.0 Å². The van der Waals surface area contributed by atoms with Gasteiger partial charge in [0, 0.05) is 23.6 Å². The van der Waals surface area contributed by atoms with Crippen molar-refractivity contribution >= 4 is 40.6 Å². The Morgan fingerprint density at radius 2 is 1.64 bits per heavy atom. The van der Waals surface area contributed by atoms with Crippen molar-refractivity contribution in [3.05, 3.63) is 36.0 Å². The van der Waals surface area contributed by atoms with Crippen molar-refractivity contribution in [2.45, 2.75) is 70.6 Å². The molecule has 0 spiro atoms. The zero-order valence-corrected chi connectivity index (χ0v) is 22.6. The van der Waals surface area contributed by atoms with Crippen LogP contribution in [0.4, 0.5) is 0 Å². The minimum absolute atomic E-state index is 0.0366. The van der Waals surface area contributed by atoms with Gasteiger partial charge in [-0.3, -0.25) is 19.4 Å². The molecule has 4 unspecified atom stereocenters. The molecule has 0 aliphatic heterocycles. The van der Waals surface area contributed by atoms with E-state index in [0.29, 0.717) is 6.42 Å². The molecule has 1 heterocycles. The third-order valence-electron chi connectivity index (χ3n) is 6.10. The van der Waals surface area contributed by atoms with E-state index in [-0.39, 0.29) is 37.7 Å². The van der Waals surface area contributed by atoms with Gasteiger partial charge >= 0.3 is 5.97 Å². The Bertz CT molecular complexity index is 1170. The zero-order chi connectivity index (χ0) is 29.1. The number of guanidine groups is 1. The van der Waals surface area contributed by atoms with Gasteiger partial charge < -0.3 is 43.2 Å². The number of nitrogens with two attached hydrogens (primary N) is 3. The number of carbonyl (C=O) groups excluding carboxylic acids is 3. The maximum absolute atomic E-state index is 13.1. The lowest BCUT2D eigenvalue weighted by Crippen LogP contribution is -2.56. The number of carbonyl (C=O) groups is 4. The number of amides is 3. The number of hydrogen-bond donors (Lipinski definition) is 8. The molecule has 11 N–H and O–H groups in total. The number of H-pyrrole nitrogens is 1. The molecular formula is C26H40N8O5. The molecule has 0 saturated heterocycles. The van der Waals surface area contributed by atoms with Crippen LogP contribution in [0.1, 0.15) is 45.6 Å². The van der Waals surface area contributed by atoms with Gasteiger partial charge in [0.15, 0.2) is 5.96 Å². The predicted molar refractivity (Wildman–Crippen MR) is 148 cm³/mol. The summed E-state index contributed by atoms with van der Waals surface area (Å²) in [6, 6.07) is 3.52. The van der Waals surface area contributed by atoms with Crippen LogP contribution in [0.5, 0.6) is 0 Å². The zero-order valence-electron chi connectivity index (χ0n) is 22.6. The van der Waals surface area contributed by atoms with Crippen molar-refractivity contribution in [3.8, 4) is 0 Å². The molecule has 13 heteroatoms.